The molecule has 0 aromatic carbocycles. The average Bonchev–Trinajstić information content (AvgIpc) is 2.04. The SMILES string of the molecule is C=CCC(C)/C(=N\O)C(C)(C)C(=C)C. The molecule has 0 aliphatic rings. The Kier molecular flexibility index (Phi) is 4.61. The summed E-state index contributed by atoms with van der Waals surface area (Å²) in [5, 5.41) is 12.4. The van der Waals surface area contributed by atoms with Crippen molar-refractivity contribution in [2.24, 2.45) is 16.5 Å². The van der Waals surface area contributed by atoms with Gasteiger partial charge in [0.05, 0.1) is 5.71 Å². The number of hydrogen-bond donors (Lipinski definition) is 1. The second-order valence-corrected chi connectivity index (χ2v) is 4.32. The third kappa shape index (κ3) is 2.72. The predicted molar refractivity (Wildman–Crippen MR) is 61.8 cm³/mol. The molecule has 0 aliphatic carbocycles. The van der Waals surface area contributed by atoms with Crippen LogP contribution in [0.4, 0.5) is 0 Å². The summed E-state index contributed by atoms with van der Waals surface area (Å²) in [7, 11) is 0. The second kappa shape index (κ2) is 4.99. The Morgan fingerprint density at radius 3 is 2.36 bits per heavy atom. The number of allylic oxidation sites excluding steroid dienone is 2. The molecule has 2 nitrogen and oxygen atoms in total. The van der Waals surface area contributed by atoms with Gasteiger partial charge in [-0.05, 0) is 13.3 Å². The van der Waals surface area contributed by atoms with Crippen molar-refractivity contribution in [3.63, 3.8) is 0 Å². The van der Waals surface area contributed by atoms with Crippen molar-refractivity contribution in [2.75, 3.05) is 0 Å². The van der Waals surface area contributed by atoms with Crippen molar-refractivity contribution in [1.82, 2.24) is 0 Å². The smallest absolute Gasteiger partial charge is 0.0698 e. The summed E-state index contributed by atoms with van der Waals surface area (Å²) < 4.78 is 0. The molecule has 0 spiro atoms. The van der Waals surface area contributed by atoms with Crippen LogP contribution in [0.1, 0.15) is 34.1 Å². The topological polar surface area (TPSA) is 32.6 Å². The summed E-state index contributed by atoms with van der Waals surface area (Å²) in [6, 6.07) is 0. The maximum absolute atomic E-state index is 9.02. The fourth-order valence-electron chi connectivity index (χ4n) is 1.42. The highest BCUT2D eigenvalue weighted by atomic mass is 16.4. The summed E-state index contributed by atoms with van der Waals surface area (Å²) in [4.78, 5) is 0. The van der Waals surface area contributed by atoms with E-state index in [4.69, 9.17) is 5.21 Å². The first-order valence-corrected chi connectivity index (χ1v) is 4.87. The first-order valence-electron chi connectivity index (χ1n) is 4.87. The van der Waals surface area contributed by atoms with Crippen molar-refractivity contribution >= 4 is 5.71 Å². The molecule has 0 aromatic heterocycles. The first-order chi connectivity index (χ1) is 6.37. The van der Waals surface area contributed by atoms with Crippen molar-refractivity contribution in [3.8, 4) is 0 Å². The van der Waals surface area contributed by atoms with E-state index >= 15 is 0 Å². The standard InChI is InChI=1S/C12H21NO/c1-7-8-10(4)11(13-14)12(5,6)9(2)3/h7,10,14H,1-2,8H2,3-6H3/b13-11+. The van der Waals surface area contributed by atoms with Crippen LogP contribution in [0.3, 0.4) is 0 Å². The summed E-state index contributed by atoms with van der Waals surface area (Å²) in [5.74, 6) is 0.198. The zero-order chi connectivity index (χ0) is 11.4. The van der Waals surface area contributed by atoms with Crippen molar-refractivity contribution in [1.29, 1.82) is 0 Å². The maximum Gasteiger partial charge on any atom is 0.0698 e. The maximum atomic E-state index is 9.02. The van der Waals surface area contributed by atoms with Gasteiger partial charge < -0.3 is 5.21 Å². The highest BCUT2D eigenvalue weighted by Crippen LogP contribution is 2.31. The predicted octanol–water partition coefficient (Wildman–Crippen LogP) is 3.63. The summed E-state index contributed by atoms with van der Waals surface area (Å²) >= 11 is 0. The highest BCUT2D eigenvalue weighted by Gasteiger charge is 2.29. The number of rotatable bonds is 5. The molecular weight excluding hydrogens is 174 g/mol. The van der Waals surface area contributed by atoms with E-state index in [2.05, 4.69) is 18.3 Å². The van der Waals surface area contributed by atoms with Crippen LogP contribution in [0.2, 0.25) is 0 Å². The molecule has 0 amide bonds. The minimum Gasteiger partial charge on any atom is -0.411 e. The van der Waals surface area contributed by atoms with E-state index in [1.807, 2.05) is 33.8 Å². The number of hydrogen-bond acceptors (Lipinski definition) is 2. The van der Waals surface area contributed by atoms with E-state index < -0.39 is 0 Å². The van der Waals surface area contributed by atoms with E-state index in [-0.39, 0.29) is 11.3 Å². The summed E-state index contributed by atoms with van der Waals surface area (Å²) in [5.41, 5.74) is 1.52. The van der Waals surface area contributed by atoms with Crippen LogP contribution in [0.5, 0.6) is 0 Å². The minimum absolute atomic E-state index is 0.198. The summed E-state index contributed by atoms with van der Waals surface area (Å²) in [6.07, 6.45) is 2.65. The largest absolute Gasteiger partial charge is 0.411 e. The fraction of sp³-hybridized carbons (Fsp3) is 0.583. The molecule has 2 heteroatoms. The van der Waals surface area contributed by atoms with Gasteiger partial charge in [0, 0.05) is 11.3 Å². The Labute approximate surface area is 87.0 Å². The molecular formula is C12H21NO. The zero-order valence-electron chi connectivity index (χ0n) is 9.67. The van der Waals surface area contributed by atoms with Gasteiger partial charge in [0.25, 0.3) is 0 Å². The van der Waals surface area contributed by atoms with E-state index in [9.17, 15) is 0 Å². The molecule has 0 saturated heterocycles. The van der Waals surface area contributed by atoms with Crippen LogP contribution in [0.25, 0.3) is 0 Å². The Hall–Kier alpha value is -1.05. The number of nitrogens with zero attached hydrogens (tertiary/aromatic N) is 1. The molecule has 1 unspecified atom stereocenters. The van der Waals surface area contributed by atoms with Gasteiger partial charge in [-0.2, -0.15) is 0 Å². The highest BCUT2D eigenvalue weighted by molar-refractivity contribution is 5.93. The van der Waals surface area contributed by atoms with Gasteiger partial charge in [0.15, 0.2) is 0 Å². The molecule has 80 valence electrons. The van der Waals surface area contributed by atoms with Gasteiger partial charge in [-0.3, -0.25) is 0 Å². The Morgan fingerprint density at radius 1 is 1.57 bits per heavy atom. The van der Waals surface area contributed by atoms with Crippen LogP contribution in [-0.4, -0.2) is 10.9 Å². The lowest BCUT2D eigenvalue weighted by Crippen LogP contribution is -2.30. The van der Waals surface area contributed by atoms with Crippen LogP contribution in [-0.2, 0) is 0 Å². The molecule has 1 N–H and O–H groups in total. The van der Waals surface area contributed by atoms with Crippen LogP contribution in [0, 0.1) is 11.3 Å². The zero-order valence-corrected chi connectivity index (χ0v) is 9.67. The summed E-state index contributed by atoms with van der Waals surface area (Å²) in [6.45, 7) is 15.6. The van der Waals surface area contributed by atoms with Gasteiger partial charge in [-0.15, -0.1) is 6.58 Å². The third-order valence-electron chi connectivity index (χ3n) is 2.80. The van der Waals surface area contributed by atoms with Gasteiger partial charge in [-0.25, -0.2) is 0 Å². The average molecular weight is 195 g/mol. The number of oxime groups is 1. The third-order valence-corrected chi connectivity index (χ3v) is 2.80. The van der Waals surface area contributed by atoms with Gasteiger partial charge >= 0.3 is 0 Å². The molecule has 1 atom stereocenters. The van der Waals surface area contributed by atoms with E-state index in [1.165, 1.54) is 0 Å². The van der Waals surface area contributed by atoms with Crippen LogP contribution >= 0.6 is 0 Å². The Bertz CT molecular complexity index is 251. The van der Waals surface area contributed by atoms with Crippen molar-refractivity contribution < 1.29 is 5.21 Å². The van der Waals surface area contributed by atoms with Crippen molar-refractivity contribution in [3.05, 3.63) is 24.8 Å². The first kappa shape index (κ1) is 12.9. The van der Waals surface area contributed by atoms with Crippen LogP contribution < -0.4 is 0 Å². The lowest BCUT2D eigenvalue weighted by atomic mass is 9.75. The fourth-order valence-corrected chi connectivity index (χ4v) is 1.42. The Morgan fingerprint density at radius 2 is 2.07 bits per heavy atom. The van der Waals surface area contributed by atoms with Gasteiger partial charge in [0.1, 0.15) is 0 Å². The molecule has 14 heavy (non-hydrogen) atoms. The molecule has 0 aromatic rings. The molecule has 0 rings (SSSR count). The second-order valence-electron chi connectivity index (χ2n) is 4.32. The van der Waals surface area contributed by atoms with E-state index in [0.717, 1.165) is 17.7 Å². The van der Waals surface area contributed by atoms with Gasteiger partial charge in [-0.1, -0.05) is 44.2 Å². The van der Waals surface area contributed by atoms with E-state index in [0.29, 0.717) is 0 Å². The van der Waals surface area contributed by atoms with Gasteiger partial charge in [0.2, 0.25) is 0 Å². The van der Waals surface area contributed by atoms with E-state index in [1.54, 1.807) is 0 Å². The lowest BCUT2D eigenvalue weighted by molar-refractivity contribution is 0.306. The van der Waals surface area contributed by atoms with Crippen molar-refractivity contribution in [2.45, 2.75) is 34.1 Å². The molecule has 0 radical (unpaired) electrons. The normalized spacial score (nSPS) is 15.0. The molecule has 0 aliphatic heterocycles. The minimum atomic E-state index is -0.253. The lowest BCUT2D eigenvalue weighted by Gasteiger charge is -2.29. The Balaban J connectivity index is 4.91. The monoisotopic (exact) mass is 195 g/mol. The molecule has 0 bridgehead atoms. The quantitative estimate of drug-likeness (QED) is 0.309. The molecule has 0 heterocycles. The molecule has 0 fully saturated rings. The van der Waals surface area contributed by atoms with Crippen LogP contribution in [0.15, 0.2) is 30.0 Å². The molecule has 0 saturated carbocycles.